The molecule has 0 saturated carbocycles. The van der Waals surface area contributed by atoms with E-state index in [1.807, 2.05) is 11.2 Å². The van der Waals surface area contributed by atoms with Crippen LogP contribution in [0.5, 0.6) is 0 Å². The van der Waals surface area contributed by atoms with Crippen molar-refractivity contribution < 1.29 is 0 Å². The Balaban J connectivity index is 1.97. The van der Waals surface area contributed by atoms with Crippen molar-refractivity contribution in [1.29, 1.82) is 0 Å². The Labute approximate surface area is 62.0 Å². The van der Waals surface area contributed by atoms with Gasteiger partial charge in [-0.25, -0.2) is 5.01 Å². The number of hydrogen-bond acceptors (Lipinski definition) is 3. The first-order valence-electron chi connectivity index (χ1n) is 3.79. The average molecular weight is 140 g/mol. The predicted molar refractivity (Wildman–Crippen MR) is 40.3 cm³/mol. The fourth-order valence-corrected chi connectivity index (χ4v) is 0.899. The number of rotatable bonds is 4. The van der Waals surface area contributed by atoms with E-state index < -0.39 is 0 Å². The minimum atomic E-state index is 1.06. The van der Waals surface area contributed by atoms with Crippen LogP contribution in [0.4, 0.5) is 0 Å². The molecule has 0 radical (unpaired) electrons. The summed E-state index contributed by atoms with van der Waals surface area (Å²) < 4.78 is 0. The SMILES string of the molecule is CCCCCN1C=[C+]NN1. The van der Waals surface area contributed by atoms with Gasteiger partial charge in [-0.3, -0.25) is 0 Å². The van der Waals surface area contributed by atoms with Gasteiger partial charge in [-0.1, -0.05) is 25.2 Å². The number of hydrazine groups is 2. The van der Waals surface area contributed by atoms with Gasteiger partial charge in [0.2, 0.25) is 0 Å². The van der Waals surface area contributed by atoms with Crippen LogP contribution in [-0.2, 0) is 0 Å². The van der Waals surface area contributed by atoms with Gasteiger partial charge >= 0.3 is 6.20 Å². The van der Waals surface area contributed by atoms with E-state index in [4.69, 9.17) is 0 Å². The monoisotopic (exact) mass is 140 g/mol. The van der Waals surface area contributed by atoms with Crippen molar-refractivity contribution in [1.82, 2.24) is 16.0 Å². The maximum absolute atomic E-state index is 2.93. The van der Waals surface area contributed by atoms with Crippen molar-refractivity contribution in [2.75, 3.05) is 6.54 Å². The molecular formula is C7H14N3+. The third kappa shape index (κ3) is 2.21. The number of nitrogens with zero attached hydrogens (tertiary/aromatic N) is 1. The molecule has 0 aromatic heterocycles. The normalized spacial score (nSPS) is 15.1. The quantitative estimate of drug-likeness (QED) is 0.446. The van der Waals surface area contributed by atoms with Crippen LogP contribution >= 0.6 is 0 Å². The molecule has 0 fully saturated rings. The lowest BCUT2D eigenvalue weighted by Gasteiger charge is -2.08. The molecule has 0 aliphatic carbocycles. The lowest BCUT2D eigenvalue weighted by Crippen LogP contribution is -2.36. The molecule has 1 aliphatic rings. The summed E-state index contributed by atoms with van der Waals surface area (Å²) in [5.74, 6) is 0. The van der Waals surface area contributed by atoms with E-state index in [0.717, 1.165) is 6.54 Å². The molecule has 0 bridgehead atoms. The highest BCUT2D eigenvalue weighted by Crippen LogP contribution is 1.97. The summed E-state index contributed by atoms with van der Waals surface area (Å²) in [5, 5.41) is 2.00. The highest BCUT2D eigenvalue weighted by atomic mass is 15.7. The molecule has 56 valence electrons. The van der Waals surface area contributed by atoms with E-state index in [0.29, 0.717) is 0 Å². The Kier molecular flexibility index (Phi) is 3.00. The van der Waals surface area contributed by atoms with E-state index in [2.05, 4.69) is 24.1 Å². The smallest absolute Gasteiger partial charge is 0.246 e. The van der Waals surface area contributed by atoms with Gasteiger partial charge < -0.3 is 0 Å². The molecule has 1 aliphatic heterocycles. The van der Waals surface area contributed by atoms with Gasteiger partial charge in [-0.05, 0) is 6.42 Å². The third-order valence-electron chi connectivity index (χ3n) is 1.49. The largest absolute Gasteiger partial charge is 0.406 e. The van der Waals surface area contributed by atoms with Crippen LogP contribution in [0.3, 0.4) is 0 Å². The van der Waals surface area contributed by atoms with Gasteiger partial charge in [-0.2, -0.15) is 0 Å². The molecule has 0 atom stereocenters. The van der Waals surface area contributed by atoms with E-state index in [9.17, 15) is 0 Å². The van der Waals surface area contributed by atoms with Crippen LogP contribution in [0, 0.1) is 6.20 Å². The molecule has 1 heterocycles. The first-order valence-corrected chi connectivity index (χ1v) is 3.79. The van der Waals surface area contributed by atoms with E-state index in [1.54, 1.807) is 0 Å². The Morgan fingerprint density at radius 3 is 3.00 bits per heavy atom. The number of nitrogens with one attached hydrogen (secondary N) is 2. The average Bonchev–Trinajstić information content (AvgIpc) is 2.41. The zero-order valence-electron chi connectivity index (χ0n) is 6.35. The highest BCUT2D eigenvalue weighted by Gasteiger charge is 2.11. The van der Waals surface area contributed by atoms with Crippen LogP contribution in [0.25, 0.3) is 0 Å². The second-order valence-electron chi connectivity index (χ2n) is 2.41. The molecule has 1 rings (SSSR count). The van der Waals surface area contributed by atoms with Crippen molar-refractivity contribution in [3.05, 3.63) is 12.4 Å². The van der Waals surface area contributed by atoms with Crippen molar-refractivity contribution in [3.8, 4) is 0 Å². The second-order valence-corrected chi connectivity index (χ2v) is 2.41. The Bertz CT molecular complexity index is 111. The number of unbranched alkanes of at least 4 members (excludes halogenated alkanes) is 2. The fourth-order valence-electron chi connectivity index (χ4n) is 0.899. The Morgan fingerprint density at radius 1 is 1.50 bits per heavy atom. The van der Waals surface area contributed by atoms with Crippen LogP contribution < -0.4 is 11.0 Å². The Morgan fingerprint density at radius 2 is 2.40 bits per heavy atom. The minimum absolute atomic E-state index is 1.06. The summed E-state index contributed by atoms with van der Waals surface area (Å²) in [7, 11) is 0. The zero-order chi connectivity index (χ0) is 7.23. The van der Waals surface area contributed by atoms with Crippen LogP contribution in [-0.4, -0.2) is 11.6 Å². The van der Waals surface area contributed by atoms with Gasteiger partial charge in [-0.15, -0.1) is 5.53 Å². The van der Waals surface area contributed by atoms with Gasteiger partial charge in [0.05, 0.1) is 0 Å². The first-order chi connectivity index (χ1) is 4.93. The van der Waals surface area contributed by atoms with Gasteiger partial charge in [0, 0.05) is 6.54 Å². The summed E-state index contributed by atoms with van der Waals surface area (Å²) >= 11 is 0. The topological polar surface area (TPSA) is 27.3 Å². The molecule has 0 amide bonds. The van der Waals surface area contributed by atoms with E-state index >= 15 is 0 Å². The van der Waals surface area contributed by atoms with Gasteiger partial charge in [0.1, 0.15) is 0 Å². The minimum Gasteiger partial charge on any atom is -0.246 e. The van der Waals surface area contributed by atoms with Crippen molar-refractivity contribution in [2.45, 2.75) is 26.2 Å². The lowest BCUT2D eigenvalue weighted by atomic mass is 10.2. The highest BCUT2D eigenvalue weighted by molar-refractivity contribution is 4.74. The Hall–Kier alpha value is -0.790. The van der Waals surface area contributed by atoms with Crippen molar-refractivity contribution in [2.24, 2.45) is 0 Å². The van der Waals surface area contributed by atoms with Gasteiger partial charge in [0.15, 0.2) is 0 Å². The van der Waals surface area contributed by atoms with Crippen LogP contribution in [0.1, 0.15) is 26.2 Å². The molecule has 0 aromatic carbocycles. The lowest BCUT2D eigenvalue weighted by molar-refractivity contribution is 0.265. The third-order valence-corrected chi connectivity index (χ3v) is 1.49. The van der Waals surface area contributed by atoms with Crippen LogP contribution in [0.2, 0.25) is 0 Å². The standard InChI is InChI=1S/C7H14N3/c1-2-3-4-6-10-7-5-8-9-10/h7-9H,2-4,6H2,1H3/q+1. The fraction of sp³-hybridized carbons (Fsp3) is 0.714. The molecule has 0 saturated heterocycles. The summed E-state index contributed by atoms with van der Waals surface area (Å²) in [6.07, 6.45) is 8.53. The van der Waals surface area contributed by atoms with E-state index in [1.165, 1.54) is 19.3 Å². The maximum Gasteiger partial charge on any atom is 0.406 e. The molecule has 0 aromatic rings. The molecule has 0 unspecified atom stereocenters. The van der Waals surface area contributed by atoms with Crippen LogP contribution in [0.15, 0.2) is 6.20 Å². The van der Waals surface area contributed by atoms with E-state index in [-0.39, 0.29) is 0 Å². The number of hydrogen-bond donors (Lipinski definition) is 2. The molecule has 3 heteroatoms. The summed E-state index contributed by atoms with van der Waals surface area (Å²) in [4.78, 5) is 0. The van der Waals surface area contributed by atoms with Gasteiger partial charge in [0.25, 0.3) is 6.20 Å². The molecule has 10 heavy (non-hydrogen) atoms. The molecular weight excluding hydrogens is 126 g/mol. The molecule has 2 N–H and O–H groups in total. The van der Waals surface area contributed by atoms with Crippen molar-refractivity contribution in [3.63, 3.8) is 0 Å². The zero-order valence-corrected chi connectivity index (χ0v) is 6.35. The molecule has 3 nitrogen and oxygen atoms in total. The maximum atomic E-state index is 2.93. The predicted octanol–water partition coefficient (Wildman–Crippen LogP) is 0.776. The summed E-state index contributed by atoms with van der Waals surface area (Å²) in [6.45, 7) is 3.27. The summed E-state index contributed by atoms with van der Waals surface area (Å²) in [5.41, 5.74) is 5.70. The summed E-state index contributed by atoms with van der Waals surface area (Å²) in [6, 6.07) is 0. The molecule has 0 spiro atoms. The van der Waals surface area contributed by atoms with Crippen molar-refractivity contribution >= 4 is 0 Å². The first kappa shape index (κ1) is 7.32. The second kappa shape index (κ2) is 4.09.